The maximum atomic E-state index is 5.86. The van der Waals surface area contributed by atoms with Crippen molar-refractivity contribution in [1.29, 1.82) is 0 Å². The molecule has 0 spiro atoms. The molecule has 19 heavy (non-hydrogen) atoms. The first kappa shape index (κ1) is 12.6. The second kappa shape index (κ2) is 4.94. The van der Waals surface area contributed by atoms with Crippen molar-refractivity contribution in [3.8, 4) is 0 Å². The molecular formula is C13H21N5O. The zero-order valence-corrected chi connectivity index (χ0v) is 11.4. The number of ether oxygens (including phenoxy) is 1. The van der Waals surface area contributed by atoms with Gasteiger partial charge in [-0.3, -0.25) is 0 Å². The number of nitrogen functional groups attached to an aromatic ring is 1. The predicted octanol–water partition coefficient (Wildman–Crippen LogP) is 1.36. The lowest BCUT2D eigenvalue weighted by molar-refractivity contribution is 0.102. The number of aromatic nitrogens is 2. The standard InChI is InChI=1S/C13H21N5O/c1-3-11-16-12(7(2)13(17-11)18-14)15-9-6-8-4-5-10(9)19-8/h8-10H,3-6,14H2,1-2H3,(H2,15,16,17,18). The van der Waals surface area contributed by atoms with Crippen LogP contribution in [-0.4, -0.2) is 28.2 Å². The zero-order valence-electron chi connectivity index (χ0n) is 11.4. The van der Waals surface area contributed by atoms with E-state index in [1.807, 2.05) is 13.8 Å². The van der Waals surface area contributed by atoms with Crippen LogP contribution in [0.2, 0.25) is 0 Å². The number of nitrogens with one attached hydrogen (secondary N) is 2. The highest BCUT2D eigenvalue weighted by molar-refractivity contribution is 5.57. The molecule has 6 nitrogen and oxygen atoms in total. The SMILES string of the molecule is CCc1nc(NN)c(C)c(NC2CC3CCC2O3)n1. The number of aryl methyl sites for hydroxylation is 1. The smallest absolute Gasteiger partial charge is 0.148 e. The largest absolute Gasteiger partial charge is 0.373 e. The Bertz CT molecular complexity index is 478. The van der Waals surface area contributed by atoms with E-state index in [9.17, 15) is 0 Å². The number of anilines is 2. The van der Waals surface area contributed by atoms with Gasteiger partial charge in [0.1, 0.15) is 17.5 Å². The van der Waals surface area contributed by atoms with Crippen LogP contribution in [-0.2, 0) is 11.2 Å². The molecule has 4 N–H and O–H groups in total. The molecule has 1 aromatic rings. The van der Waals surface area contributed by atoms with Gasteiger partial charge in [-0.1, -0.05) is 6.92 Å². The zero-order chi connectivity index (χ0) is 13.4. The van der Waals surface area contributed by atoms with Crippen LogP contribution < -0.4 is 16.6 Å². The molecule has 2 bridgehead atoms. The maximum Gasteiger partial charge on any atom is 0.148 e. The minimum Gasteiger partial charge on any atom is -0.373 e. The number of hydrazine groups is 1. The first-order chi connectivity index (χ1) is 9.21. The third-order valence-electron chi connectivity index (χ3n) is 4.07. The quantitative estimate of drug-likeness (QED) is 0.562. The summed E-state index contributed by atoms with van der Waals surface area (Å²) in [5.41, 5.74) is 3.61. The molecule has 0 amide bonds. The van der Waals surface area contributed by atoms with Crippen molar-refractivity contribution in [3.63, 3.8) is 0 Å². The van der Waals surface area contributed by atoms with Crippen LogP contribution in [0.3, 0.4) is 0 Å². The van der Waals surface area contributed by atoms with E-state index in [1.165, 1.54) is 6.42 Å². The maximum absolute atomic E-state index is 5.86. The van der Waals surface area contributed by atoms with E-state index in [-0.39, 0.29) is 0 Å². The summed E-state index contributed by atoms with van der Waals surface area (Å²) in [6.07, 6.45) is 4.97. The van der Waals surface area contributed by atoms with Gasteiger partial charge < -0.3 is 15.5 Å². The second-order valence-electron chi connectivity index (χ2n) is 5.32. The molecule has 2 aliphatic heterocycles. The van der Waals surface area contributed by atoms with Gasteiger partial charge in [0, 0.05) is 12.0 Å². The molecule has 3 rings (SSSR count). The van der Waals surface area contributed by atoms with E-state index in [0.29, 0.717) is 24.1 Å². The van der Waals surface area contributed by atoms with Gasteiger partial charge in [0.25, 0.3) is 0 Å². The number of nitrogens with zero attached hydrogens (tertiary/aromatic N) is 2. The van der Waals surface area contributed by atoms with Gasteiger partial charge in [-0.2, -0.15) is 0 Å². The molecule has 0 aromatic carbocycles. The van der Waals surface area contributed by atoms with Crippen LogP contribution in [0.5, 0.6) is 0 Å². The van der Waals surface area contributed by atoms with Crippen LogP contribution in [0.4, 0.5) is 11.6 Å². The van der Waals surface area contributed by atoms with E-state index in [0.717, 1.165) is 36.5 Å². The van der Waals surface area contributed by atoms with Crippen molar-refractivity contribution in [3.05, 3.63) is 11.4 Å². The van der Waals surface area contributed by atoms with Crippen molar-refractivity contribution in [2.45, 2.75) is 57.8 Å². The number of hydrogen-bond donors (Lipinski definition) is 3. The van der Waals surface area contributed by atoms with Gasteiger partial charge in [0.2, 0.25) is 0 Å². The normalized spacial score (nSPS) is 28.7. The van der Waals surface area contributed by atoms with Crippen LogP contribution >= 0.6 is 0 Å². The summed E-state index contributed by atoms with van der Waals surface area (Å²) < 4.78 is 5.86. The Balaban J connectivity index is 1.83. The Hall–Kier alpha value is -1.40. The highest BCUT2D eigenvalue weighted by atomic mass is 16.5. The highest BCUT2D eigenvalue weighted by Gasteiger charge is 2.41. The van der Waals surface area contributed by atoms with E-state index >= 15 is 0 Å². The Morgan fingerprint density at radius 2 is 2.11 bits per heavy atom. The molecule has 3 atom stereocenters. The molecule has 2 aliphatic rings. The van der Waals surface area contributed by atoms with Crippen molar-refractivity contribution >= 4 is 11.6 Å². The highest BCUT2D eigenvalue weighted by Crippen LogP contribution is 2.36. The van der Waals surface area contributed by atoms with Crippen molar-refractivity contribution < 1.29 is 4.74 Å². The fraction of sp³-hybridized carbons (Fsp3) is 0.692. The number of hydrogen-bond acceptors (Lipinski definition) is 6. The molecule has 2 fully saturated rings. The van der Waals surface area contributed by atoms with E-state index in [4.69, 9.17) is 10.6 Å². The van der Waals surface area contributed by atoms with Crippen LogP contribution in [0.15, 0.2) is 0 Å². The summed E-state index contributed by atoms with van der Waals surface area (Å²) in [6.45, 7) is 4.01. The molecule has 2 saturated heterocycles. The van der Waals surface area contributed by atoms with E-state index in [2.05, 4.69) is 20.7 Å². The van der Waals surface area contributed by atoms with E-state index in [1.54, 1.807) is 0 Å². The predicted molar refractivity (Wildman–Crippen MR) is 73.9 cm³/mol. The van der Waals surface area contributed by atoms with Crippen LogP contribution in [0, 0.1) is 6.92 Å². The van der Waals surface area contributed by atoms with Crippen molar-refractivity contribution in [2.75, 3.05) is 10.7 Å². The molecule has 0 aliphatic carbocycles. The third-order valence-corrected chi connectivity index (χ3v) is 4.07. The van der Waals surface area contributed by atoms with Crippen LogP contribution in [0.25, 0.3) is 0 Å². The Labute approximate surface area is 113 Å². The molecule has 3 heterocycles. The fourth-order valence-corrected chi connectivity index (χ4v) is 2.97. The average Bonchev–Trinajstić information content (AvgIpc) is 3.03. The summed E-state index contributed by atoms with van der Waals surface area (Å²) in [5, 5.41) is 3.52. The van der Waals surface area contributed by atoms with Gasteiger partial charge in [0.05, 0.1) is 18.2 Å². The summed E-state index contributed by atoms with van der Waals surface area (Å²) in [5.74, 6) is 7.88. The van der Waals surface area contributed by atoms with Gasteiger partial charge in [0.15, 0.2) is 0 Å². The van der Waals surface area contributed by atoms with E-state index < -0.39 is 0 Å². The Kier molecular flexibility index (Phi) is 3.28. The number of rotatable bonds is 4. The fourth-order valence-electron chi connectivity index (χ4n) is 2.97. The lowest BCUT2D eigenvalue weighted by atomic mass is 9.95. The van der Waals surface area contributed by atoms with Gasteiger partial charge in [-0.05, 0) is 26.2 Å². The molecule has 1 aromatic heterocycles. The molecular weight excluding hydrogens is 242 g/mol. The summed E-state index contributed by atoms with van der Waals surface area (Å²) >= 11 is 0. The lowest BCUT2D eigenvalue weighted by Gasteiger charge is -2.22. The van der Waals surface area contributed by atoms with Crippen LogP contribution in [0.1, 0.15) is 37.6 Å². The molecule has 0 saturated carbocycles. The summed E-state index contributed by atoms with van der Waals surface area (Å²) in [7, 11) is 0. The third kappa shape index (κ3) is 2.26. The first-order valence-electron chi connectivity index (χ1n) is 6.97. The second-order valence-corrected chi connectivity index (χ2v) is 5.32. The first-order valence-corrected chi connectivity index (χ1v) is 6.97. The lowest BCUT2D eigenvalue weighted by Crippen LogP contribution is -2.31. The van der Waals surface area contributed by atoms with Gasteiger partial charge in [-0.25, -0.2) is 15.8 Å². The molecule has 104 valence electrons. The van der Waals surface area contributed by atoms with Gasteiger partial charge >= 0.3 is 0 Å². The summed E-state index contributed by atoms with van der Waals surface area (Å²) in [4.78, 5) is 8.95. The number of nitrogens with two attached hydrogens (primary N) is 1. The molecule has 3 unspecified atom stereocenters. The summed E-state index contributed by atoms with van der Waals surface area (Å²) in [6, 6.07) is 0.364. The Morgan fingerprint density at radius 1 is 1.32 bits per heavy atom. The van der Waals surface area contributed by atoms with Gasteiger partial charge in [-0.15, -0.1) is 0 Å². The van der Waals surface area contributed by atoms with Crippen molar-refractivity contribution in [2.24, 2.45) is 5.84 Å². The Morgan fingerprint density at radius 3 is 2.68 bits per heavy atom. The molecule has 0 radical (unpaired) electrons. The molecule has 6 heteroatoms. The monoisotopic (exact) mass is 263 g/mol. The number of fused-ring (bicyclic) bond motifs is 2. The minimum atomic E-state index is 0.332. The van der Waals surface area contributed by atoms with Crippen molar-refractivity contribution in [1.82, 2.24) is 9.97 Å². The topological polar surface area (TPSA) is 85.1 Å². The average molecular weight is 263 g/mol. The minimum absolute atomic E-state index is 0.332.